The van der Waals surface area contributed by atoms with Crippen molar-refractivity contribution < 1.29 is 4.74 Å². The van der Waals surface area contributed by atoms with Crippen LogP contribution in [0.15, 0.2) is 36.3 Å². The van der Waals surface area contributed by atoms with Crippen LogP contribution in [0.1, 0.15) is 0 Å². The van der Waals surface area contributed by atoms with E-state index in [0.717, 1.165) is 5.75 Å². The molecule has 0 aromatic heterocycles. The van der Waals surface area contributed by atoms with Crippen molar-refractivity contribution in [2.24, 2.45) is 0 Å². The predicted octanol–water partition coefficient (Wildman–Crippen LogP) is 2.09. The monoisotopic (exact) mass is 152 g/mol. The lowest BCUT2D eigenvalue weighted by Gasteiger charge is -2.19. The molecule has 2 aliphatic heterocycles. The molecule has 2 heterocycles. The summed E-state index contributed by atoms with van der Waals surface area (Å²) in [5.74, 6) is 1.12. The second-order valence-corrected chi connectivity index (χ2v) is 3.41. The Morgan fingerprint density at radius 1 is 1.60 bits per heavy atom. The third-order valence-corrected chi connectivity index (χ3v) is 2.72. The molecule has 1 unspecified atom stereocenters. The second-order valence-electron chi connectivity index (χ2n) is 2.24. The first kappa shape index (κ1) is 6.10. The summed E-state index contributed by atoms with van der Waals surface area (Å²) in [6.45, 7) is 0. The van der Waals surface area contributed by atoms with Gasteiger partial charge in [-0.1, -0.05) is 12.2 Å². The maximum Gasteiger partial charge on any atom is 0.0947 e. The van der Waals surface area contributed by atoms with E-state index < -0.39 is 0 Å². The molecule has 10 heavy (non-hydrogen) atoms. The maximum absolute atomic E-state index is 5.03. The van der Waals surface area contributed by atoms with Crippen LogP contribution in [-0.2, 0) is 4.74 Å². The number of rotatable bonds is 0. The number of allylic oxidation sites excluding steroid dienone is 1. The van der Waals surface area contributed by atoms with Crippen LogP contribution in [0.4, 0.5) is 0 Å². The Bertz CT molecular complexity index is 215. The highest BCUT2D eigenvalue weighted by Crippen LogP contribution is 2.28. The molecule has 2 rings (SSSR count). The molecule has 52 valence electrons. The quantitative estimate of drug-likeness (QED) is 0.525. The lowest BCUT2D eigenvalue weighted by Crippen LogP contribution is -2.08. The summed E-state index contributed by atoms with van der Waals surface area (Å²) in [6, 6.07) is 0. The molecule has 0 N–H and O–H groups in total. The van der Waals surface area contributed by atoms with Gasteiger partial charge in [-0.2, -0.15) is 0 Å². The van der Waals surface area contributed by atoms with Gasteiger partial charge >= 0.3 is 0 Å². The molecule has 0 bridgehead atoms. The number of ether oxygens (including phenoxy) is 1. The topological polar surface area (TPSA) is 9.23 Å². The van der Waals surface area contributed by atoms with Crippen LogP contribution in [0.25, 0.3) is 0 Å². The lowest BCUT2D eigenvalue weighted by atomic mass is 10.1. The fraction of sp³-hybridized carbons (Fsp3) is 0.250. The van der Waals surface area contributed by atoms with Gasteiger partial charge in [-0.3, -0.25) is 0 Å². The molecule has 1 nitrogen and oxygen atoms in total. The smallest absolute Gasteiger partial charge is 0.0947 e. The van der Waals surface area contributed by atoms with E-state index in [1.807, 2.05) is 18.0 Å². The zero-order valence-electron chi connectivity index (χ0n) is 5.49. The normalized spacial score (nSPS) is 28.8. The van der Waals surface area contributed by atoms with Crippen LogP contribution in [0.3, 0.4) is 0 Å². The van der Waals surface area contributed by atoms with Gasteiger partial charge in [0.2, 0.25) is 0 Å². The van der Waals surface area contributed by atoms with E-state index in [0.29, 0.717) is 5.25 Å². The van der Waals surface area contributed by atoms with Crippen molar-refractivity contribution in [3.05, 3.63) is 36.3 Å². The average molecular weight is 152 g/mol. The molecule has 0 saturated carbocycles. The molecule has 0 radical (unpaired) electrons. The van der Waals surface area contributed by atoms with E-state index in [-0.39, 0.29) is 0 Å². The van der Waals surface area contributed by atoms with Crippen LogP contribution >= 0.6 is 11.8 Å². The van der Waals surface area contributed by atoms with Gasteiger partial charge in [-0.05, 0) is 6.08 Å². The molecule has 0 saturated heterocycles. The van der Waals surface area contributed by atoms with Gasteiger partial charge in [0.25, 0.3) is 0 Å². The average Bonchev–Trinajstić information content (AvgIpc) is 2.05. The minimum Gasteiger partial charge on any atom is -0.473 e. The van der Waals surface area contributed by atoms with Crippen molar-refractivity contribution in [2.75, 3.05) is 5.75 Å². The second kappa shape index (κ2) is 2.54. The van der Waals surface area contributed by atoms with Crippen molar-refractivity contribution in [1.82, 2.24) is 0 Å². The Hall–Kier alpha value is -0.630. The first-order valence-corrected chi connectivity index (χ1v) is 4.32. The Kier molecular flexibility index (Phi) is 1.55. The van der Waals surface area contributed by atoms with Gasteiger partial charge in [0, 0.05) is 11.3 Å². The van der Waals surface area contributed by atoms with E-state index in [1.165, 1.54) is 5.57 Å². The third kappa shape index (κ3) is 0.991. The van der Waals surface area contributed by atoms with Crippen molar-refractivity contribution in [1.29, 1.82) is 0 Å². The fourth-order valence-electron chi connectivity index (χ4n) is 1.04. The van der Waals surface area contributed by atoms with Gasteiger partial charge in [-0.25, -0.2) is 0 Å². The molecule has 0 fully saturated rings. The fourth-order valence-corrected chi connectivity index (χ4v) is 1.96. The molecule has 0 aromatic carbocycles. The summed E-state index contributed by atoms with van der Waals surface area (Å²) >= 11 is 1.93. The Balaban J connectivity index is 2.26. The minimum atomic E-state index is 0.541. The first-order chi connectivity index (χ1) is 4.97. The van der Waals surface area contributed by atoms with E-state index in [1.54, 1.807) is 6.26 Å². The van der Waals surface area contributed by atoms with Gasteiger partial charge in [-0.15, -0.1) is 11.8 Å². The Labute approximate surface area is 64.5 Å². The van der Waals surface area contributed by atoms with Crippen LogP contribution in [0, 0.1) is 0 Å². The molecule has 0 aromatic rings. The largest absolute Gasteiger partial charge is 0.473 e. The predicted molar refractivity (Wildman–Crippen MR) is 43.7 cm³/mol. The van der Waals surface area contributed by atoms with Crippen molar-refractivity contribution in [3.63, 3.8) is 0 Å². The summed E-state index contributed by atoms with van der Waals surface area (Å²) < 4.78 is 5.03. The molecule has 0 amide bonds. The standard InChI is InChI=1S/C8H8OS/c1-2-7-6-9-4-3-8(7)10-5-1/h1-4,6,8H,5H2. The van der Waals surface area contributed by atoms with Crippen molar-refractivity contribution >= 4 is 11.8 Å². The van der Waals surface area contributed by atoms with E-state index in [9.17, 15) is 0 Å². The van der Waals surface area contributed by atoms with E-state index in [4.69, 9.17) is 4.74 Å². The SMILES string of the molecule is C1=CC2=COC=CC2SC1. The van der Waals surface area contributed by atoms with Gasteiger partial charge < -0.3 is 4.74 Å². The third-order valence-electron chi connectivity index (χ3n) is 1.55. The zero-order chi connectivity index (χ0) is 6.81. The Morgan fingerprint density at radius 2 is 2.60 bits per heavy atom. The summed E-state index contributed by atoms with van der Waals surface area (Å²) in [5.41, 5.74) is 1.28. The number of thioether (sulfide) groups is 1. The van der Waals surface area contributed by atoms with Gasteiger partial charge in [0.15, 0.2) is 0 Å². The maximum atomic E-state index is 5.03. The van der Waals surface area contributed by atoms with Crippen molar-refractivity contribution in [3.8, 4) is 0 Å². The van der Waals surface area contributed by atoms with Crippen LogP contribution in [-0.4, -0.2) is 11.0 Å². The lowest BCUT2D eigenvalue weighted by molar-refractivity contribution is 0.390. The molecule has 2 aliphatic rings. The highest BCUT2D eigenvalue weighted by Gasteiger charge is 2.14. The van der Waals surface area contributed by atoms with E-state index >= 15 is 0 Å². The minimum absolute atomic E-state index is 0.541. The van der Waals surface area contributed by atoms with Gasteiger partial charge in [0.05, 0.1) is 17.8 Å². The molecule has 0 spiro atoms. The molecular formula is C8H8OS. The van der Waals surface area contributed by atoms with Crippen molar-refractivity contribution in [2.45, 2.75) is 5.25 Å². The summed E-state index contributed by atoms with van der Waals surface area (Å²) in [7, 11) is 0. The first-order valence-electron chi connectivity index (χ1n) is 3.27. The molecule has 0 aliphatic carbocycles. The summed E-state index contributed by atoms with van der Waals surface area (Å²) in [6.07, 6.45) is 9.94. The summed E-state index contributed by atoms with van der Waals surface area (Å²) in [5, 5.41) is 0.541. The molecule has 2 heteroatoms. The zero-order valence-corrected chi connectivity index (χ0v) is 6.30. The molecular weight excluding hydrogens is 144 g/mol. The number of hydrogen-bond acceptors (Lipinski definition) is 2. The van der Waals surface area contributed by atoms with Crippen LogP contribution in [0.2, 0.25) is 0 Å². The molecule has 1 atom stereocenters. The number of fused-ring (bicyclic) bond motifs is 1. The van der Waals surface area contributed by atoms with Crippen LogP contribution in [0.5, 0.6) is 0 Å². The van der Waals surface area contributed by atoms with Crippen LogP contribution < -0.4 is 0 Å². The van der Waals surface area contributed by atoms with E-state index in [2.05, 4.69) is 18.2 Å². The summed E-state index contributed by atoms with van der Waals surface area (Å²) in [4.78, 5) is 0. The van der Waals surface area contributed by atoms with Gasteiger partial charge in [0.1, 0.15) is 0 Å². The Morgan fingerprint density at radius 3 is 3.50 bits per heavy atom. The number of hydrogen-bond donors (Lipinski definition) is 0. The highest BCUT2D eigenvalue weighted by atomic mass is 32.2. The highest BCUT2D eigenvalue weighted by molar-refractivity contribution is 8.00.